The van der Waals surface area contributed by atoms with Gasteiger partial charge in [-0.25, -0.2) is 0 Å². The Hall–Kier alpha value is -0.690. The van der Waals surface area contributed by atoms with Crippen LogP contribution in [0.5, 0.6) is 0 Å². The number of esters is 1. The molecule has 35 heavy (non-hydrogen) atoms. The Balaban J connectivity index is 1.26. The Labute approximate surface area is 212 Å². The van der Waals surface area contributed by atoms with Crippen molar-refractivity contribution in [1.82, 2.24) is 9.80 Å². The number of carbonyl (C=O) groups excluding carboxylic acids is 1. The molecule has 2 aliphatic heterocycles. The Morgan fingerprint density at radius 1 is 0.914 bits per heavy atom. The van der Waals surface area contributed by atoms with Crippen LogP contribution in [0.2, 0.25) is 0 Å². The number of fused-ring (bicyclic) bond motifs is 5. The molecule has 6 rings (SSSR count). The molecule has 0 bridgehead atoms. The monoisotopic (exact) mass is 488 g/mol. The highest BCUT2D eigenvalue weighted by Gasteiger charge is 2.64. The molecular formula is C29H48N2O4. The summed E-state index contributed by atoms with van der Waals surface area (Å²) in [4.78, 5) is 17.2. The number of hydrogen-bond acceptors (Lipinski definition) is 6. The van der Waals surface area contributed by atoms with Crippen molar-refractivity contribution in [3.63, 3.8) is 0 Å². The van der Waals surface area contributed by atoms with Gasteiger partial charge in [-0.3, -0.25) is 14.6 Å². The summed E-state index contributed by atoms with van der Waals surface area (Å²) in [5.41, 5.74) is 0.372. The largest absolute Gasteiger partial charge is 0.461 e. The molecule has 0 radical (unpaired) electrons. The minimum atomic E-state index is -0.169. The first-order chi connectivity index (χ1) is 16.8. The molecule has 0 unspecified atom stereocenters. The van der Waals surface area contributed by atoms with Crippen molar-refractivity contribution in [3.8, 4) is 0 Å². The second kappa shape index (κ2) is 9.25. The second-order valence-corrected chi connectivity index (χ2v) is 13.5. The zero-order valence-corrected chi connectivity index (χ0v) is 22.3. The summed E-state index contributed by atoms with van der Waals surface area (Å²) in [6, 6.07) is 0.681. The molecule has 6 aliphatic rings. The number of rotatable bonds is 3. The Bertz CT molecular complexity index is 796. The first-order valence-electron chi connectivity index (χ1n) is 14.7. The van der Waals surface area contributed by atoms with E-state index in [-0.39, 0.29) is 23.6 Å². The molecule has 1 N–H and O–H groups in total. The first kappa shape index (κ1) is 24.6. The molecule has 10 atom stereocenters. The third kappa shape index (κ3) is 4.00. The number of nitrogens with zero attached hydrogens (tertiary/aromatic N) is 2. The van der Waals surface area contributed by atoms with Gasteiger partial charge in [0.2, 0.25) is 0 Å². The van der Waals surface area contributed by atoms with Gasteiger partial charge in [0.25, 0.3) is 0 Å². The molecule has 0 amide bonds. The SMILES string of the molecule is CC(=O)O[C@H]1C[C@@H]2CC[C@@H]3[C@H](CC[C@]4(C)[C@@H](O)[C@@H](N5CCCC5)C[C@@H]34)[C@@]2(C)C[C@@H]1N1CCOCC1. The lowest BCUT2D eigenvalue weighted by Gasteiger charge is -2.62. The third-order valence-corrected chi connectivity index (χ3v) is 12.1. The smallest absolute Gasteiger partial charge is 0.302 e. The third-order valence-electron chi connectivity index (χ3n) is 12.1. The van der Waals surface area contributed by atoms with Gasteiger partial charge < -0.3 is 14.6 Å². The Morgan fingerprint density at radius 2 is 1.63 bits per heavy atom. The highest BCUT2D eigenvalue weighted by atomic mass is 16.5. The molecule has 6 heteroatoms. The van der Waals surface area contributed by atoms with Crippen LogP contribution in [0.1, 0.15) is 78.6 Å². The lowest BCUT2D eigenvalue weighted by atomic mass is 9.44. The van der Waals surface area contributed by atoms with Crippen molar-refractivity contribution in [3.05, 3.63) is 0 Å². The Kier molecular flexibility index (Phi) is 6.51. The average molecular weight is 489 g/mol. The van der Waals surface area contributed by atoms with Crippen LogP contribution in [0.25, 0.3) is 0 Å². The van der Waals surface area contributed by atoms with E-state index in [1.165, 1.54) is 58.0 Å². The van der Waals surface area contributed by atoms with Crippen LogP contribution in [0.3, 0.4) is 0 Å². The lowest BCUT2D eigenvalue weighted by Crippen LogP contribution is -2.61. The van der Waals surface area contributed by atoms with Crippen LogP contribution in [0, 0.1) is 34.5 Å². The summed E-state index contributed by atoms with van der Waals surface area (Å²) >= 11 is 0. The van der Waals surface area contributed by atoms with Crippen molar-refractivity contribution in [1.29, 1.82) is 0 Å². The maximum absolute atomic E-state index is 12.0. The second-order valence-electron chi connectivity index (χ2n) is 13.5. The van der Waals surface area contributed by atoms with Crippen molar-refractivity contribution in [2.75, 3.05) is 39.4 Å². The fourth-order valence-corrected chi connectivity index (χ4v) is 10.3. The van der Waals surface area contributed by atoms with E-state index in [2.05, 4.69) is 23.6 Å². The van der Waals surface area contributed by atoms with E-state index in [0.29, 0.717) is 29.3 Å². The molecule has 2 heterocycles. The molecule has 4 aliphatic carbocycles. The number of ether oxygens (including phenoxy) is 2. The summed E-state index contributed by atoms with van der Waals surface area (Å²) in [6.45, 7) is 12.4. The summed E-state index contributed by atoms with van der Waals surface area (Å²) in [6.07, 6.45) is 10.8. The highest BCUT2D eigenvalue weighted by Crippen LogP contribution is 2.67. The molecule has 6 fully saturated rings. The topological polar surface area (TPSA) is 62.2 Å². The number of hydrogen-bond donors (Lipinski definition) is 1. The molecular weight excluding hydrogens is 440 g/mol. The molecule has 0 aromatic heterocycles. The number of aliphatic hydroxyl groups excluding tert-OH is 1. The van der Waals surface area contributed by atoms with Gasteiger partial charge in [-0.05, 0) is 105 Å². The zero-order chi connectivity index (χ0) is 24.4. The van der Waals surface area contributed by atoms with E-state index in [4.69, 9.17) is 9.47 Å². The molecule has 0 aromatic carbocycles. The minimum absolute atomic E-state index is 0.0157. The Morgan fingerprint density at radius 3 is 2.34 bits per heavy atom. The van der Waals surface area contributed by atoms with Crippen LogP contribution < -0.4 is 0 Å². The van der Waals surface area contributed by atoms with E-state index in [9.17, 15) is 9.90 Å². The van der Waals surface area contributed by atoms with Gasteiger partial charge in [-0.15, -0.1) is 0 Å². The van der Waals surface area contributed by atoms with E-state index in [0.717, 1.165) is 51.0 Å². The first-order valence-corrected chi connectivity index (χ1v) is 14.7. The molecule has 0 spiro atoms. The number of aliphatic hydroxyl groups is 1. The summed E-state index contributed by atoms with van der Waals surface area (Å²) in [5.74, 6) is 2.61. The molecule has 0 aromatic rings. The zero-order valence-electron chi connectivity index (χ0n) is 22.3. The van der Waals surface area contributed by atoms with E-state index >= 15 is 0 Å². The van der Waals surface area contributed by atoms with Gasteiger partial charge in [-0.1, -0.05) is 13.8 Å². The number of morpholine rings is 1. The predicted molar refractivity (Wildman–Crippen MR) is 135 cm³/mol. The minimum Gasteiger partial charge on any atom is -0.461 e. The van der Waals surface area contributed by atoms with Gasteiger partial charge in [0.05, 0.1) is 19.3 Å². The standard InChI is InChI=1S/C29H48N2O4/c1-19(32)35-26-16-20-6-7-21-22(29(20,3)18-25(26)31-12-14-34-15-13-31)8-9-28(2)23(21)17-24(27(28)33)30-10-4-5-11-30/h20-27,33H,4-18H2,1-3H3/t20-,21+,22-,23-,24-,25-,26-,27-,28-,29-/m0/s1. The summed E-state index contributed by atoms with van der Waals surface area (Å²) < 4.78 is 11.7. The fraction of sp³-hybridized carbons (Fsp3) is 0.966. The van der Waals surface area contributed by atoms with E-state index < -0.39 is 0 Å². The highest BCUT2D eigenvalue weighted by molar-refractivity contribution is 5.66. The normalized spacial score (nSPS) is 50.9. The molecule has 6 nitrogen and oxygen atoms in total. The lowest BCUT2D eigenvalue weighted by molar-refractivity contribution is -0.178. The van der Waals surface area contributed by atoms with E-state index in [1.54, 1.807) is 6.92 Å². The van der Waals surface area contributed by atoms with Crippen LogP contribution in [-0.2, 0) is 14.3 Å². The number of likely N-dealkylation sites (tertiary alicyclic amines) is 1. The summed E-state index contributed by atoms with van der Waals surface area (Å²) in [7, 11) is 0. The van der Waals surface area contributed by atoms with Gasteiger partial charge in [-0.2, -0.15) is 0 Å². The van der Waals surface area contributed by atoms with Crippen molar-refractivity contribution in [2.24, 2.45) is 34.5 Å². The summed E-state index contributed by atoms with van der Waals surface area (Å²) in [5, 5.41) is 11.6. The maximum atomic E-state index is 12.0. The maximum Gasteiger partial charge on any atom is 0.302 e. The quantitative estimate of drug-likeness (QED) is 0.611. The average Bonchev–Trinajstić information content (AvgIpc) is 3.46. The molecule has 198 valence electrons. The van der Waals surface area contributed by atoms with Crippen molar-refractivity contribution >= 4 is 5.97 Å². The van der Waals surface area contributed by atoms with Gasteiger partial charge in [0.1, 0.15) is 6.10 Å². The van der Waals surface area contributed by atoms with Crippen LogP contribution in [0.4, 0.5) is 0 Å². The predicted octanol–water partition coefficient (Wildman–Crippen LogP) is 3.71. The van der Waals surface area contributed by atoms with Crippen LogP contribution >= 0.6 is 0 Å². The molecule has 4 saturated carbocycles. The van der Waals surface area contributed by atoms with Crippen molar-refractivity contribution in [2.45, 2.75) is 103 Å². The van der Waals surface area contributed by atoms with Gasteiger partial charge in [0, 0.05) is 32.1 Å². The fourth-order valence-electron chi connectivity index (χ4n) is 10.3. The van der Waals surface area contributed by atoms with E-state index in [1.807, 2.05) is 0 Å². The van der Waals surface area contributed by atoms with Gasteiger partial charge in [0.15, 0.2) is 0 Å². The van der Waals surface area contributed by atoms with Crippen LogP contribution in [0.15, 0.2) is 0 Å². The van der Waals surface area contributed by atoms with Crippen LogP contribution in [-0.4, -0.2) is 84.6 Å². The van der Waals surface area contributed by atoms with Gasteiger partial charge >= 0.3 is 5.97 Å². The number of carbonyl (C=O) groups is 1. The van der Waals surface area contributed by atoms with Crippen molar-refractivity contribution < 1.29 is 19.4 Å². The molecule has 2 saturated heterocycles.